The molecule has 1 aliphatic heterocycles. The van der Waals surface area contributed by atoms with Crippen LogP contribution in [0.5, 0.6) is 0 Å². The molecule has 1 saturated heterocycles. The summed E-state index contributed by atoms with van der Waals surface area (Å²) in [7, 11) is 0. The third kappa shape index (κ3) is 2.11. The second kappa shape index (κ2) is 4.59. The smallest absolute Gasteiger partial charge is 0.232 e. The molecule has 1 aliphatic rings. The van der Waals surface area contributed by atoms with Gasteiger partial charge in [0.1, 0.15) is 0 Å². The molecule has 0 radical (unpaired) electrons. The van der Waals surface area contributed by atoms with Gasteiger partial charge in [0.2, 0.25) is 11.8 Å². The highest BCUT2D eigenvalue weighted by Crippen LogP contribution is 2.28. The first-order valence-electron chi connectivity index (χ1n) is 6.50. The zero-order valence-electron chi connectivity index (χ0n) is 11.1. The highest BCUT2D eigenvalue weighted by molar-refractivity contribution is 6.04. The summed E-state index contributed by atoms with van der Waals surface area (Å²) in [5, 5.41) is 6.56. The second-order valence-corrected chi connectivity index (χ2v) is 5.35. The molecule has 1 fully saturated rings. The molecule has 1 atom stereocenters. The van der Waals surface area contributed by atoms with Crippen LogP contribution in [0.25, 0.3) is 10.9 Å². The molecule has 2 aromatic rings. The molecule has 1 aromatic carbocycles. The van der Waals surface area contributed by atoms with Gasteiger partial charge >= 0.3 is 0 Å². The fraction of sp³-hybridized carbons (Fsp3) is 0.267. The minimum Gasteiger partial charge on any atom is -0.355 e. The Labute approximate surface area is 116 Å². The van der Waals surface area contributed by atoms with Gasteiger partial charge in [0.25, 0.3) is 0 Å². The van der Waals surface area contributed by atoms with E-state index >= 15 is 0 Å². The highest BCUT2D eigenvalue weighted by Gasteiger charge is 2.40. The molecule has 0 saturated carbocycles. The van der Waals surface area contributed by atoms with Crippen molar-refractivity contribution in [2.24, 2.45) is 5.41 Å². The fourth-order valence-corrected chi connectivity index (χ4v) is 2.41. The van der Waals surface area contributed by atoms with Gasteiger partial charge < -0.3 is 10.6 Å². The van der Waals surface area contributed by atoms with Gasteiger partial charge in [-0.2, -0.15) is 0 Å². The van der Waals surface area contributed by atoms with Crippen LogP contribution in [0.1, 0.15) is 13.3 Å². The van der Waals surface area contributed by atoms with Crippen LogP contribution in [0.2, 0.25) is 0 Å². The number of anilines is 1. The molecule has 5 nitrogen and oxygen atoms in total. The lowest BCUT2D eigenvalue weighted by atomic mass is 9.88. The third-order valence-electron chi connectivity index (χ3n) is 3.66. The van der Waals surface area contributed by atoms with E-state index in [0.717, 1.165) is 10.9 Å². The van der Waals surface area contributed by atoms with E-state index in [1.54, 1.807) is 13.1 Å². The average Bonchev–Trinajstić information content (AvgIpc) is 2.80. The molecule has 3 rings (SSSR count). The van der Waals surface area contributed by atoms with Gasteiger partial charge in [0.15, 0.2) is 0 Å². The lowest BCUT2D eigenvalue weighted by Crippen LogP contribution is -2.35. The topological polar surface area (TPSA) is 71.1 Å². The van der Waals surface area contributed by atoms with Crippen molar-refractivity contribution in [2.45, 2.75) is 13.3 Å². The largest absolute Gasteiger partial charge is 0.355 e. The predicted octanol–water partition coefficient (Wildman–Crippen LogP) is 1.70. The third-order valence-corrected chi connectivity index (χ3v) is 3.66. The number of nitrogens with one attached hydrogen (secondary N) is 2. The highest BCUT2D eigenvalue weighted by atomic mass is 16.2. The van der Waals surface area contributed by atoms with Crippen LogP contribution in [0, 0.1) is 5.41 Å². The molecular weight excluding hydrogens is 254 g/mol. The Balaban J connectivity index is 1.90. The van der Waals surface area contributed by atoms with E-state index in [0.29, 0.717) is 12.2 Å². The van der Waals surface area contributed by atoms with Gasteiger partial charge in [-0.15, -0.1) is 0 Å². The van der Waals surface area contributed by atoms with Gasteiger partial charge in [-0.25, -0.2) is 0 Å². The van der Waals surface area contributed by atoms with Crippen LogP contribution >= 0.6 is 0 Å². The van der Waals surface area contributed by atoms with Gasteiger partial charge in [-0.1, -0.05) is 18.2 Å². The first-order chi connectivity index (χ1) is 9.58. The number of hydrogen-bond acceptors (Lipinski definition) is 3. The lowest BCUT2D eigenvalue weighted by Gasteiger charge is -2.20. The lowest BCUT2D eigenvalue weighted by molar-refractivity contribution is -0.126. The van der Waals surface area contributed by atoms with Crippen molar-refractivity contribution in [1.29, 1.82) is 0 Å². The maximum atomic E-state index is 12.4. The van der Waals surface area contributed by atoms with Crippen molar-refractivity contribution < 1.29 is 9.59 Å². The van der Waals surface area contributed by atoms with Crippen molar-refractivity contribution in [3.63, 3.8) is 0 Å². The summed E-state index contributed by atoms with van der Waals surface area (Å²) in [5.41, 5.74) is 0.728. The average molecular weight is 269 g/mol. The molecule has 1 unspecified atom stereocenters. The number of carbonyl (C=O) groups is 2. The standard InChI is InChI=1S/C15H15N3O2/c1-15(8-12(19)17-9-15)14(20)18-11-6-2-4-10-5-3-7-16-13(10)11/h2-7H,8-9H2,1H3,(H,17,19)(H,18,20). The molecule has 0 aliphatic carbocycles. The number of carbonyl (C=O) groups excluding carboxylic acids is 2. The molecule has 0 bridgehead atoms. The van der Waals surface area contributed by atoms with Crippen molar-refractivity contribution >= 4 is 28.4 Å². The molecule has 2 amide bonds. The van der Waals surface area contributed by atoms with Crippen molar-refractivity contribution in [3.8, 4) is 0 Å². The molecule has 1 aromatic heterocycles. The summed E-state index contributed by atoms with van der Waals surface area (Å²) in [6.45, 7) is 2.16. The zero-order chi connectivity index (χ0) is 14.2. The summed E-state index contributed by atoms with van der Waals surface area (Å²) in [4.78, 5) is 28.0. The van der Waals surface area contributed by atoms with E-state index in [9.17, 15) is 9.59 Å². The van der Waals surface area contributed by atoms with Crippen LogP contribution in [-0.2, 0) is 9.59 Å². The number of pyridine rings is 1. The van der Waals surface area contributed by atoms with Gasteiger partial charge in [0.05, 0.1) is 16.6 Å². The van der Waals surface area contributed by atoms with Crippen molar-refractivity contribution in [3.05, 3.63) is 36.5 Å². The van der Waals surface area contributed by atoms with Crippen LogP contribution in [0.15, 0.2) is 36.5 Å². The van der Waals surface area contributed by atoms with E-state index in [4.69, 9.17) is 0 Å². The summed E-state index contributed by atoms with van der Waals surface area (Å²) in [6.07, 6.45) is 1.91. The summed E-state index contributed by atoms with van der Waals surface area (Å²) >= 11 is 0. The number of hydrogen-bond donors (Lipinski definition) is 2. The number of fused-ring (bicyclic) bond motifs is 1. The molecule has 2 heterocycles. The maximum absolute atomic E-state index is 12.4. The van der Waals surface area contributed by atoms with Crippen LogP contribution < -0.4 is 10.6 Å². The first-order valence-corrected chi connectivity index (χ1v) is 6.50. The quantitative estimate of drug-likeness (QED) is 0.871. The summed E-state index contributed by atoms with van der Waals surface area (Å²) in [6, 6.07) is 9.44. The molecular formula is C15H15N3O2. The van der Waals surface area contributed by atoms with Crippen LogP contribution in [0.3, 0.4) is 0 Å². The monoisotopic (exact) mass is 269 g/mol. The molecule has 2 N–H and O–H groups in total. The zero-order valence-corrected chi connectivity index (χ0v) is 11.1. The van der Waals surface area contributed by atoms with E-state index in [1.165, 1.54) is 0 Å². The molecule has 20 heavy (non-hydrogen) atoms. The summed E-state index contributed by atoms with van der Waals surface area (Å²) in [5.74, 6) is -0.243. The van der Waals surface area contributed by atoms with Crippen molar-refractivity contribution in [1.82, 2.24) is 10.3 Å². The van der Waals surface area contributed by atoms with E-state index in [2.05, 4.69) is 15.6 Å². The number of para-hydroxylation sites is 1. The van der Waals surface area contributed by atoms with Gasteiger partial charge in [-0.05, 0) is 19.1 Å². The molecule has 5 heteroatoms. The minimum absolute atomic E-state index is 0.0845. The molecule has 0 spiro atoms. The Morgan fingerprint density at radius 3 is 2.90 bits per heavy atom. The van der Waals surface area contributed by atoms with Gasteiger partial charge in [-0.3, -0.25) is 14.6 Å². The number of benzene rings is 1. The maximum Gasteiger partial charge on any atom is 0.232 e. The Morgan fingerprint density at radius 2 is 2.15 bits per heavy atom. The second-order valence-electron chi connectivity index (χ2n) is 5.35. The normalized spacial score (nSPS) is 21.8. The summed E-state index contributed by atoms with van der Waals surface area (Å²) < 4.78 is 0. The van der Waals surface area contributed by atoms with E-state index < -0.39 is 5.41 Å². The SMILES string of the molecule is CC1(C(=O)Nc2cccc3cccnc23)CNC(=O)C1. The predicted molar refractivity (Wildman–Crippen MR) is 76.1 cm³/mol. The molecule has 102 valence electrons. The van der Waals surface area contributed by atoms with Gasteiger partial charge in [0, 0.05) is 24.5 Å². The van der Waals surface area contributed by atoms with Crippen LogP contribution in [-0.4, -0.2) is 23.3 Å². The van der Waals surface area contributed by atoms with Crippen LogP contribution in [0.4, 0.5) is 5.69 Å². The first kappa shape index (κ1) is 12.6. The Bertz CT molecular complexity index is 693. The van der Waals surface area contributed by atoms with E-state index in [-0.39, 0.29) is 18.2 Å². The van der Waals surface area contributed by atoms with E-state index in [1.807, 2.05) is 30.3 Å². The number of rotatable bonds is 2. The number of nitrogens with zero attached hydrogens (tertiary/aromatic N) is 1. The minimum atomic E-state index is -0.700. The van der Waals surface area contributed by atoms with Crippen molar-refractivity contribution in [2.75, 3.05) is 11.9 Å². The Hall–Kier alpha value is -2.43. The fourth-order valence-electron chi connectivity index (χ4n) is 2.41. The number of amides is 2. The number of aromatic nitrogens is 1. The Kier molecular flexibility index (Phi) is 2.89. The Morgan fingerprint density at radius 1 is 1.35 bits per heavy atom.